The van der Waals surface area contributed by atoms with Crippen molar-refractivity contribution < 1.29 is 29.1 Å². The van der Waals surface area contributed by atoms with Crippen LogP contribution in [0, 0.1) is 11.8 Å². The normalized spacial score (nSPS) is 25.0. The number of hydrogen-bond donors (Lipinski definition) is 2. The fourth-order valence-electron chi connectivity index (χ4n) is 4.23. The summed E-state index contributed by atoms with van der Waals surface area (Å²) in [5.74, 6) is -1.89. The van der Waals surface area contributed by atoms with Crippen LogP contribution in [-0.2, 0) is 24.0 Å². The number of carboxylic acid groups (broad SMARTS) is 1. The molecule has 1 aliphatic heterocycles. The Balaban J connectivity index is 1.86. The third kappa shape index (κ3) is 6.70. The Bertz CT molecular complexity index is 763. The number of hydrogen-bond acceptors (Lipinski definition) is 6. The molecule has 2 atom stereocenters. The van der Waals surface area contributed by atoms with E-state index in [0.29, 0.717) is 25.8 Å². The van der Waals surface area contributed by atoms with Crippen molar-refractivity contribution in [3.8, 4) is 0 Å². The highest BCUT2D eigenvalue weighted by Gasteiger charge is 2.43. The van der Waals surface area contributed by atoms with Crippen LogP contribution in [0.4, 0.5) is 0 Å². The number of primary amides is 1. The van der Waals surface area contributed by atoms with Gasteiger partial charge in [0.1, 0.15) is 6.04 Å². The van der Waals surface area contributed by atoms with Gasteiger partial charge in [-0.05, 0) is 44.9 Å². The van der Waals surface area contributed by atoms with Crippen LogP contribution < -0.4 is 5.73 Å². The zero-order chi connectivity index (χ0) is 24.2. The molecular weight excluding hydrogens is 434 g/mol. The Morgan fingerprint density at radius 3 is 2.34 bits per heavy atom. The van der Waals surface area contributed by atoms with Crippen LogP contribution in [0.25, 0.3) is 0 Å². The van der Waals surface area contributed by atoms with Gasteiger partial charge in [-0.3, -0.25) is 24.1 Å². The first-order valence-electron chi connectivity index (χ1n) is 11.1. The summed E-state index contributed by atoms with van der Waals surface area (Å²) < 4.78 is -0.431. The third-order valence-corrected chi connectivity index (χ3v) is 8.12. The van der Waals surface area contributed by atoms with Crippen LogP contribution in [0.3, 0.4) is 0 Å². The maximum absolute atomic E-state index is 12.9. The Morgan fingerprint density at radius 1 is 1.22 bits per heavy atom. The largest absolute Gasteiger partial charge is 0.480 e. The van der Waals surface area contributed by atoms with Crippen molar-refractivity contribution in [1.29, 1.82) is 0 Å². The highest BCUT2D eigenvalue weighted by Crippen LogP contribution is 2.39. The summed E-state index contributed by atoms with van der Waals surface area (Å²) in [4.78, 5) is 62.7. The molecule has 1 aliphatic carbocycles. The fraction of sp³-hybridized carbons (Fsp3) is 0.773. The van der Waals surface area contributed by atoms with E-state index in [1.807, 2.05) is 13.8 Å². The van der Waals surface area contributed by atoms with Gasteiger partial charge in [-0.25, -0.2) is 4.79 Å². The lowest BCUT2D eigenvalue weighted by Gasteiger charge is -2.30. The molecule has 1 heterocycles. The minimum Gasteiger partial charge on any atom is -0.480 e. The number of carboxylic acids is 1. The van der Waals surface area contributed by atoms with E-state index in [1.54, 1.807) is 0 Å². The molecule has 0 bridgehead atoms. The van der Waals surface area contributed by atoms with Crippen molar-refractivity contribution in [2.75, 3.05) is 13.6 Å². The molecule has 2 rings (SSSR count). The summed E-state index contributed by atoms with van der Waals surface area (Å²) in [7, 11) is 1.47. The number of carbonyl (C=O) groups is 5. The van der Waals surface area contributed by atoms with E-state index in [-0.39, 0.29) is 48.3 Å². The van der Waals surface area contributed by atoms with Crippen molar-refractivity contribution in [3.05, 3.63) is 0 Å². The number of aliphatic carboxylic acids is 1. The lowest BCUT2D eigenvalue weighted by atomic mass is 9.81. The van der Waals surface area contributed by atoms with E-state index in [2.05, 4.69) is 0 Å². The van der Waals surface area contributed by atoms with Gasteiger partial charge in [-0.1, -0.05) is 13.8 Å². The van der Waals surface area contributed by atoms with Crippen molar-refractivity contribution >= 4 is 41.4 Å². The first-order valence-corrected chi connectivity index (χ1v) is 12.0. The molecule has 2 fully saturated rings. The van der Waals surface area contributed by atoms with Gasteiger partial charge in [0, 0.05) is 37.1 Å². The van der Waals surface area contributed by atoms with Crippen molar-refractivity contribution in [2.24, 2.45) is 17.6 Å². The molecule has 180 valence electrons. The second-order valence-corrected chi connectivity index (χ2v) is 11.5. The lowest BCUT2D eigenvalue weighted by Crippen LogP contribution is -2.41. The Hall–Kier alpha value is -2.10. The van der Waals surface area contributed by atoms with Crippen LogP contribution in [0.15, 0.2) is 0 Å². The molecule has 0 radical (unpaired) electrons. The molecule has 0 spiro atoms. The van der Waals surface area contributed by atoms with Gasteiger partial charge in [0.15, 0.2) is 0 Å². The van der Waals surface area contributed by atoms with Crippen molar-refractivity contribution in [1.82, 2.24) is 9.80 Å². The van der Waals surface area contributed by atoms with E-state index >= 15 is 0 Å². The molecule has 9 nitrogen and oxygen atoms in total. The number of thioether (sulfide) groups is 1. The van der Waals surface area contributed by atoms with Crippen molar-refractivity contribution in [3.63, 3.8) is 0 Å². The molecule has 0 aromatic rings. The zero-order valence-corrected chi connectivity index (χ0v) is 20.2. The van der Waals surface area contributed by atoms with Crippen LogP contribution in [0.5, 0.6) is 0 Å². The van der Waals surface area contributed by atoms with E-state index in [1.165, 1.54) is 35.5 Å². The second-order valence-electron chi connectivity index (χ2n) is 9.55. The molecule has 0 aromatic carbocycles. The van der Waals surface area contributed by atoms with E-state index in [9.17, 15) is 24.0 Å². The summed E-state index contributed by atoms with van der Waals surface area (Å²) in [6.45, 7) is 5.70. The molecular formula is C22H35N3O6S. The highest BCUT2D eigenvalue weighted by atomic mass is 32.2. The quantitative estimate of drug-likeness (QED) is 0.464. The van der Waals surface area contributed by atoms with Gasteiger partial charge in [0.2, 0.25) is 23.6 Å². The molecule has 3 N–H and O–H groups in total. The predicted octanol–water partition coefficient (Wildman–Crippen LogP) is 1.63. The fourth-order valence-corrected chi connectivity index (χ4v) is 5.68. The van der Waals surface area contributed by atoms with E-state index in [0.717, 1.165) is 12.8 Å². The van der Waals surface area contributed by atoms with E-state index < -0.39 is 22.0 Å². The average molecular weight is 470 g/mol. The number of carbonyl (C=O) groups excluding carboxylic acids is 4. The maximum Gasteiger partial charge on any atom is 0.326 e. The number of rotatable bonds is 10. The lowest BCUT2D eigenvalue weighted by molar-refractivity contribution is -0.148. The topological polar surface area (TPSA) is 138 Å². The van der Waals surface area contributed by atoms with Gasteiger partial charge in [-0.2, -0.15) is 0 Å². The van der Waals surface area contributed by atoms with Crippen molar-refractivity contribution in [2.45, 2.75) is 81.8 Å². The summed E-state index contributed by atoms with van der Waals surface area (Å²) >= 11 is 1.40. The number of likely N-dealkylation sites (N-methyl/N-ethyl adjacent to an activating group) is 1. The van der Waals surface area contributed by atoms with Crippen LogP contribution in [0.2, 0.25) is 0 Å². The average Bonchev–Trinajstić information content (AvgIpc) is 2.98. The molecule has 4 amide bonds. The monoisotopic (exact) mass is 469 g/mol. The van der Waals surface area contributed by atoms with Gasteiger partial charge < -0.3 is 15.7 Å². The Morgan fingerprint density at radius 2 is 1.81 bits per heavy atom. The number of nitrogens with zero attached hydrogens (tertiary/aromatic N) is 2. The first-order chi connectivity index (χ1) is 14.8. The molecule has 32 heavy (non-hydrogen) atoms. The summed E-state index contributed by atoms with van der Waals surface area (Å²) in [5, 5.41) is 8.58. The molecule has 10 heteroatoms. The minimum atomic E-state index is -1.06. The maximum atomic E-state index is 12.9. The number of amides is 4. The third-order valence-electron chi connectivity index (χ3n) is 6.63. The Labute approximate surface area is 193 Å². The molecule has 1 saturated heterocycles. The molecule has 0 aromatic heterocycles. The van der Waals surface area contributed by atoms with Crippen LogP contribution >= 0.6 is 11.8 Å². The SMILES string of the molecule is C[C@@H](C(=O)O)N(C)C(=O)CCC(C)(C)SC1CC(=O)N(CC2CCC(C(N)=O)CC2)C1=O. The number of imide groups is 1. The van der Waals surface area contributed by atoms with Gasteiger partial charge in [-0.15, -0.1) is 11.8 Å². The van der Waals surface area contributed by atoms with Gasteiger partial charge in [0.25, 0.3) is 0 Å². The first kappa shape index (κ1) is 26.2. The number of nitrogens with two attached hydrogens (primary N) is 1. The second kappa shape index (κ2) is 10.7. The standard InChI is InChI=1S/C22H35N3O6S/c1-13(21(30)31)24(4)17(26)9-10-22(2,3)32-16-11-18(27)25(20(16)29)12-14-5-7-15(8-6-14)19(23)28/h13-16H,5-12H2,1-4H3,(H2,23,28)(H,30,31)/t13-,14?,15?,16?/m0/s1. The molecule has 1 unspecified atom stereocenters. The summed E-state index contributed by atoms with van der Waals surface area (Å²) in [6.07, 6.45) is 3.72. The Kier molecular flexibility index (Phi) is 8.73. The smallest absolute Gasteiger partial charge is 0.326 e. The van der Waals surface area contributed by atoms with E-state index in [4.69, 9.17) is 10.8 Å². The van der Waals surface area contributed by atoms with Gasteiger partial charge >= 0.3 is 5.97 Å². The highest BCUT2D eigenvalue weighted by molar-refractivity contribution is 8.02. The number of likely N-dealkylation sites (tertiary alicyclic amines) is 1. The summed E-state index contributed by atoms with van der Waals surface area (Å²) in [6, 6.07) is -0.904. The van der Waals surface area contributed by atoms with Crippen LogP contribution in [0.1, 0.15) is 65.7 Å². The summed E-state index contributed by atoms with van der Waals surface area (Å²) in [5.41, 5.74) is 5.37. The zero-order valence-electron chi connectivity index (χ0n) is 19.3. The minimum absolute atomic E-state index is 0.111. The molecule has 1 saturated carbocycles. The predicted molar refractivity (Wildman–Crippen MR) is 121 cm³/mol. The van der Waals surface area contributed by atoms with Gasteiger partial charge in [0.05, 0.1) is 5.25 Å². The molecule has 2 aliphatic rings. The van der Waals surface area contributed by atoms with Crippen LogP contribution in [-0.4, -0.2) is 74.1 Å².